The number of halogens is 3. The molecule has 0 aliphatic rings. The van der Waals surface area contributed by atoms with Crippen LogP contribution in [0.5, 0.6) is 11.5 Å². The molecule has 2 rings (SSSR count). The first-order chi connectivity index (χ1) is 12.2. The van der Waals surface area contributed by atoms with Crippen LogP contribution in [-0.4, -0.2) is 30.5 Å². The van der Waals surface area contributed by atoms with Crippen molar-refractivity contribution in [3.05, 3.63) is 58.0 Å². The Morgan fingerprint density at radius 1 is 1.19 bits per heavy atom. The molecule has 0 radical (unpaired) electrons. The van der Waals surface area contributed by atoms with Crippen molar-refractivity contribution >= 4 is 5.91 Å². The molecule has 140 valence electrons. The summed E-state index contributed by atoms with van der Waals surface area (Å²) in [7, 11) is 1.45. The van der Waals surface area contributed by atoms with Crippen molar-refractivity contribution in [1.82, 2.24) is 9.88 Å². The summed E-state index contributed by atoms with van der Waals surface area (Å²) in [6.45, 7) is 2.05. The quantitative estimate of drug-likeness (QED) is 0.848. The highest BCUT2D eigenvalue weighted by atomic mass is 19.4. The van der Waals surface area contributed by atoms with Crippen LogP contribution in [-0.2, 0) is 6.54 Å². The summed E-state index contributed by atoms with van der Waals surface area (Å²) in [6.07, 6.45) is -4.83. The Labute approximate surface area is 147 Å². The van der Waals surface area contributed by atoms with Crippen molar-refractivity contribution in [2.75, 3.05) is 13.7 Å². The van der Waals surface area contributed by atoms with E-state index >= 15 is 0 Å². The number of benzene rings is 1. The molecule has 0 fully saturated rings. The van der Waals surface area contributed by atoms with E-state index in [1.807, 2.05) is 0 Å². The van der Waals surface area contributed by atoms with E-state index < -0.39 is 18.0 Å². The molecule has 1 aromatic carbocycles. The van der Waals surface area contributed by atoms with Gasteiger partial charge in [-0.05, 0) is 31.2 Å². The van der Waals surface area contributed by atoms with Crippen LogP contribution >= 0.6 is 0 Å². The van der Waals surface area contributed by atoms with Gasteiger partial charge in [0.2, 0.25) is 0 Å². The number of rotatable bonds is 6. The Kier molecular flexibility index (Phi) is 5.91. The summed E-state index contributed by atoms with van der Waals surface area (Å²) in [5.41, 5.74) is 0.395. The van der Waals surface area contributed by atoms with Crippen LogP contribution in [0.2, 0.25) is 0 Å². The Balaban J connectivity index is 2.00. The predicted molar refractivity (Wildman–Crippen MR) is 87.4 cm³/mol. The minimum atomic E-state index is -4.83. The number of aryl methyl sites for hydroxylation is 1. The summed E-state index contributed by atoms with van der Waals surface area (Å²) >= 11 is 0. The van der Waals surface area contributed by atoms with Gasteiger partial charge in [-0.3, -0.25) is 9.59 Å². The molecule has 1 N–H and O–H groups in total. The van der Waals surface area contributed by atoms with Gasteiger partial charge in [0.25, 0.3) is 11.5 Å². The number of amides is 1. The maximum atomic E-state index is 12.2. The third-order valence-electron chi connectivity index (χ3n) is 3.50. The zero-order chi connectivity index (χ0) is 19.3. The van der Waals surface area contributed by atoms with Crippen LogP contribution in [0.15, 0.2) is 41.2 Å². The number of carbonyl (C=O) groups excluding carboxylic acids is 1. The second-order valence-electron chi connectivity index (χ2n) is 5.36. The molecule has 1 heterocycles. The number of nitrogens with one attached hydrogen (secondary N) is 1. The smallest absolute Gasteiger partial charge is 0.496 e. The van der Waals surface area contributed by atoms with E-state index in [4.69, 9.17) is 4.74 Å². The zero-order valence-corrected chi connectivity index (χ0v) is 14.1. The lowest BCUT2D eigenvalue weighted by Crippen LogP contribution is -2.31. The first kappa shape index (κ1) is 19.4. The van der Waals surface area contributed by atoms with Gasteiger partial charge in [-0.15, -0.1) is 13.2 Å². The van der Waals surface area contributed by atoms with Crippen molar-refractivity contribution in [3.63, 3.8) is 0 Å². The monoisotopic (exact) mass is 370 g/mol. The molecular weight excluding hydrogens is 353 g/mol. The van der Waals surface area contributed by atoms with E-state index in [0.29, 0.717) is 11.4 Å². The van der Waals surface area contributed by atoms with Gasteiger partial charge in [0.15, 0.2) is 0 Å². The van der Waals surface area contributed by atoms with E-state index in [0.717, 1.165) is 12.1 Å². The van der Waals surface area contributed by atoms with Crippen molar-refractivity contribution in [2.45, 2.75) is 19.8 Å². The minimum absolute atomic E-state index is 0.0190. The van der Waals surface area contributed by atoms with Crippen LogP contribution in [0.4, 0.5) is 13.2 Å². The Morgan fingerprint density at radius 2 is 1.92 bits per heavy atom. The Hall–Kier alpha value is -2.97. The molecule has 0 spiro atoms. The van der Waals surface area contributed by atoms with Gasteiger partial charge in [0.05, 0.1) is 7.11 Å². The molecule has 0 saturated heterocycles. The average molecular weight is 370 g/mol. The second kappa shape index (κ2) is 7.94. The van der Waals surface area contributed by atoms with Crippen molar-refractivity contribution in [1.29, 1.82) is 0 Å². The Morgan fingerprint density at radius 3 is 2.54 bits per heavy atom. The van der Waals surface area contributed by atoms with Gasteiger partial charge in [0, 0.05) is 30.4 Å². The lowest BCUT2D eigenvalue weighted by Gasteiger charge is -2.12. The number of ether oxygens (including phenoxy) is 2. The Bertz CT molecular complexity index is 847. The number of hydrogen-bond donors (Lipinski definition) is 1. The second-order valence-corrected chi connectivity index (χ2v) is 5.36. The molecule has 0 aliphatic carbocycles. The molecule has 6 nitrogen and oxygen atoms in total. The highest BCUT2D eigenvalue weighted by Crippen LogP contribution is 2.23. The third kappa shape index (κ3) is 5.27. The number of methoxy groups -OCH3 is 1. The van der Waals surface area contributed by atoms with Crippen LogP contribution in [0.25, 0.3) is 0 Å². The highest BCUT2D eigenvalue weighted by Gasteiger charge is 2.31. The minimum Gasteiger partial charge on any atom is -0.496 e. The predicted octanol–water partition coefficient (Wildman–Crippen LogP) is 2.49. The lowest BCUT2D eigenvalue weighted by molar-refractivity contribution is -0.274. The van der Waals surface area contributed by atoms with Gasteiger partial charge in [-0.2, -0.15) is 0 Å². The van der Waals surface area contributed by atoms with Crippen LogP contribution in [0.3, 0.4) is 0 Å². The number of aromatic nitrogens is 1. The summed E-state index contributed by atoms with van der Waals surface area (Å²) in [5.74, 6) is -0.613. The number of carbonyl (C=O) groups is 1. The van der Waals surface area contributed by atoms with E-state index in [9.17, 15) is 22.8 Å². The molecule has 9 heteroatoms. The lowest BCUT2D eigenvalue weighted by atomic mass is 10.2. The summed E-state index contributed by atoms with van der Waals surface area (Å²) in [4.78, 5) is 24.1. The molecule has 0 bridgehead atoms. The molecule has 0 unspecified atom stereocenters. The fourth-order valence-corrected chi connectivity index (χ4v) is 2.32. The average Bonchev–Trinajstić information content (AvgIpc) is 2.55. The molecule has 1 amide bonds. The van der Waals surface area contributed by atoms with E-state index in [2.05, 4.69) is 10.1 Å². The van der Waals surface area contributed by atoms with Crippen LogP contribution < -0.4 is 20.3 Å². The zero-order valence-electron chi connectivity index (χ0n) is 14.1. The van der Waals surface area contributed by atoms with Crippen LogP contribution in [0.1, 0.15) is 16.1 Å². The molecule has 2 aromatic rings. The van der Waals surface area contributed by atoms with E-state index in [1.165, 1.54) is 29.9 Å². The van der Waals surface area contributed by atoms with E-state index in [-0.39, 0.29) is 24.2 Å². The molecule has 0 atom stereocenters. The maximum absolute atomic E-state index is 12.2. The summed E-state index contributed by atoms with van der Waals surface area (Å²) < 4.78 is 46.9. The SMILES string of the molecule is COc1cc(C)n(CCNC(=O)c2cccc(OC(F)(F)F)c2)c(=O)c1. The highest BCUT2D eigenvalue weighted by molar-refractivity contribution is 5.94. The summed E-state index contributed by atoms with van der Waals surface area (Å²) in [5, 5.41) is 2.55. The van der Waals surface area contributed by atoms with Gasteiger partial charge in [-0.25, -0.2) is 0 Å². The molecule has 26 heavy (non-hydrogen) atoms. The topological polar surface area (TPSA) is 69.6 Å². The normalized spacial score (nSPS) is 11.1. The number of hydrogen-bond acceptors (Lipinski definition) is 4. The van der Waals surface area contributed by atoms with Crippen LogP contribution in [0, 0.1) is 6.92 Å². The van der Waals surface area contributed by atoms with E-state index in [1.54, 1.807) is 13.0 Å². The first-order valence-electron chi connectivity index (χ1n) is 7.59. The number of alkyl halides is 3. The summed E-state index contributed by atoms with van der Waals surface area (Å²) in [6, 6.07) is 7.75. The van der Waals surface area contributed by atoms with Crippen molar-refractivity contribution in [3.8, 4) is 11.5 Å². The van der Waals surface area contributed by atoms with Crippen molar-refractivity contribution < 1.29 is 27.4 Å². The van der Waals surface area contributed by atoms with Gasteiger partial charge in [0.1, 0.15) is 11.5 Å². The fraction of sp³-hybridized carbons (Fsp3) is 0.294. The fourth-order valence-electron chi connectivity index (χ4n) is 2.32. The third-order valence-corrected chi connectivity index (χ3v) is 3.50. The molecule has 1 aromatic heterocycles. The maximum Gasteiger partial charge on any atom is 0.573 e. The molecule has 0 aliphatic heterocycles. The number of pyridine rings is 1. The first-order valence-corrected chi connectivity index (χ1v) is 7.59. The van der Waals surface area contributed by atoms with Crippen molar-refractivity contribution in [2.24, 2.45) is 0 Å². The number of nitrogens with zero attached hydrogens (tertiary/aromatic N) is 1. The molecular formula is C17H17F3N2O4. The van der Waals surface area contributed by atoms with Gasteiger partial charge in [-0.1, -0.05) is 6.07 Å². The standard InChI is InChI=1S/C17H17F3N2O4/c1-11-8-14(25-2)10-15(23)22(11)7-6-21-16(24)12-4-3-5-13(9-12)26-17(18,19)20/h3-5,8-10H,6-7H2,1-2H3,(H,21,24). The molecule has 0 saturated carbocycles. The van der Waals surface area contributed by atoms with Gasteiger partial charge < -0.3 is 19.4 Å². The largest absolute Gasteiger partial charge is 0.573 e. The van der Waals surface area contributed by atoms with Gasteiger partial charge >= 0.3 is 6.36 Å².